The van der Waals surface area contributed by atoms with E-state index in [2.05, 4.69) is 15.5 Å². The molecule has 1 aromatic carbocycles. The highest BCUT2D eigenvalue weighted by molar-refractivity contribution is 5.93. The van der Waals surface area contributed by atoms with Gasteiger partial charge in [0, 0.05) is 17.8 Å². The quantitative estimate of drug-likeness (QED) is 0.443. The van der Waals surface area contributed by atoms with Crippen molar-refractivity contribution >= 4 is 17.8 Å². The van der Waals surface area contributed by atoms with E-state index >= 15 is 0 Å². The Morgan fingerprint density at radius 1 is 1.45 bits per heavy atom. The van der Waals surface area contributed by atoms with E-state index in [9.17, 15) is 20.0 Å². The third-order valence-corrected chi connectivity index (χ3v) is 2.42. The molecule has 1 aromatic heterocycles. The molecule has 0 radical (unpaired) electrons. The van der Waals surface area contributed by atoms with Crippen LogP contribution in [0.4, 0.5) is 5.69 Å². The third kappa shape index (κ3) is 2.99. The number of aromatic amines is 1. The Morgan fingerprint density at radius 2 is 2.25 bits per heavy atom. The fourth-order valence-corrected chi connectivity index (χ4v) is 1.46. The lowest BCUT2D eigenvalue weighted by atomic mass is 10.2. The van der Waals surface area contributed by atoms with Gasteiger partial charge >= 0.3 is 5.69 Å². The number of amides is 1. The summed E-state index contributed by atoms with van der Waals surface area (Å²) in [6.07, 6.45) is 2.84. The highest BCUT2D eigenvalue weighted by Crippen LogP contribution is 2.25. The van der Waals surface area contributed by atoms with E-state index in [0.717, 1.165) is 6.07 Å². The number of hydrogen-bond donors (Lipinski definition) is 3. The van der Waals surface area contributed by atoms with Crippen LogP contribution >= 0.6 is 0 Å². The van der Waals surface area contributed by atoms with Gasteiger partial charge in [0.1, 0.15) is 5.69 Å². The number of nitrogens with zero attached hydrogens (tertiary/aromatic N) is 2. The maximum atomic E-state index is 11.5. The van der Waals surface area contributed by atoms with Gasteiger partial charge in [-0.25, -0.2) is 5.43 Å². The second-order valence-electron chi connectivity index (χ2n) is 3.79. The van der Waals surface area contributed by atoms with E-state index in [-0.39, 0.29) is 0 Å². The molecule has 0 saturated carbocycles. The van der Waals surface area contributed by atoms with Crippen LogP contribution in [0, 0.1) is 10.1 Å². The van der Waals surface area contributed by atoms with Crippen molar-refractivity contribution in [3.8, 4) is 5.75 Å². The average Bonchev–Trinajstić information content (AvgIpc) is 2.94. The van der Waals surface area contributed by atoms with Gasteiger partial charge in [-0.1, -0.05) is 0 Å². The minimum absolute atomic E-state index is 0.346. The van der Waals surface area contributed by atoms with Gasteiger partial charge in [-0.05, 0) is 24.3 Å². The van der Waals surface area contributed by atoms with E-state index in [1.807, 2.05) is 0 Å². The fraction of sp³-hybridized carbons (Fsp3) is 0. The van der Waals surface area contributed by atoms with Crippen molar-refractivity contribution in [3.63, 3.8) is 0 Å². The number of nitro groups is 1. The maximum absolute atomic E-state index is 11.5. The summed E-state index contributed by atoms with van der Waals surface area (Å²) >= 11 is 0. The number of phenols is 1. The summed E-state index contributed by atoms with van der Waals surface area (Å²) in [5, 5.41) is 23.6. The number of aromatic hydroxyl groups is 1. The summed E-state index contributed by atoms with van der Waals surface area (Å²) in [5.41, 5.74) is 2.56. The predicted octanol–water partition coefficient (Wildman–Crippen LogP) is 1.39. The molecule has 1 amide bonds. The molecular formula is C12H10N4O4. The minimum Gasteiger partial charge on any atom is -0.502 e. The number of hydrogen-bond acceptors (Lipinski definition) is 5. The predicted molar refractivity (Wildman–Crippen MR) is 70.6 cm³/mol. The summed E-state index contributed by atoms with van der Waals surface area (Å²) in [7, 11) is 0. The first-order valence-corrected chi connectivity index (χ1v) is 5.52. The molecule has 0 unspecified atom stereocenters. The van der Waals surface area contributed by atoms with Crippen molar-refractivity contribution in [2.45, 2.75) is 0 Å². The Kier molecular flexibility index (Phi) is 3.75. The maximum Gasteiger partial charge on any atom is 0.311 e. The summed E-state index contributed by atoms with van der Waals surface area (Å²) in [5.74, 6) is -0.859. The largest absolute Gasteiger partial charge is 0.502 e. The zero-order valence-electron chi connectivity index (χ0n) is 10.1. The molecule has 0 bridgehead atoms. The van der Waals surface area contributed by atoms with Crippen molar-refractivity contribution in [1.82, 2.24) is 10.4 Å². The number of carbonyl (C=O) groups excluding carboxylic acids is 1. The molecule has 2 rings (SSSR count). The highest BCUT2D eigenvalue weighted by atomic mass is 16.6. The lowest BCUT2D eigenvalue weighted by Crippen LogP contribution is -2.17. The molecule has 8 nitrogen and oxygen atoms in total. The number of H-pyrrole nitrogens is 1. The van der Waals surface area contributed by atoms with Crippen LogP contribution in [0.1, 0.15) is 16.1 Å². The van der Waals surface area contributed by atoms with Crippen molar-refractivity contribution in [3.05, 3.63) is 57.9 Å². The van der Waals surface area contributed by atoms with Gasteiger partial charge in [0.05, 0.1) is 11.1 Å². The second kappa shape index (κ2) is 5.65. The highest BCUT2D eigenvalue weighted by Gasteiger charge is 2.12. The van der Waals surface area contributed by atoms with E-state index in [1.54, 1.807) is 18.3 Å². The van der Waals surface area contributed by atoms with Crippen LogP contribution in [-0.2, 0) is 0 Å². The van der Waals surface area contributed by atoms with E-state index in [0.29, 0.717) is 11.3 Å². The van der Waals surface area contributed by atoms with Crippen LogP contribution in [0.5, 0.6) is 5.75 Å². The number of nitrogens with one attached hydrogen (secondary N) is 2. The topological polar surface area (TPSA) is 121 Å². The molecule has 0 aliphatic rings. The molecule has 20 heavy (non-hydrogen) atoms. The molecule has 102 valence electrons. The molecule has 0 atom stereocenters. The van der Waals surface area contributed by atoms with Crippen LogP contribution in [0.3, 0.4) is 0 Å². The van der Waals surface area contributed by atoms with Crippen molar-refractivity contribution in [2.75, 3.05) is 0 Å². The molecule has 0 aliphatic carbocycles. The number of rotatable bonds is 4. The fourth-order valence-electron chi connectivity index (χ4n) is 1.46. The minimum atomic E-state index is -0.704. The lowest BCUT2D eigenvalue weighted by molar-refractivity contribution is -0.385. The molecule has 3 N–H and O–H groups in total. The number of phenolic OH excluding ortho intramolecular Hbond substituents is 1. The summed E-state index contributed by atoms with van der Waals surface area (Å²) in [6.45, 7) is 0. The Hall–Kier alpha value is -3.16. The Balaban J connectivity index is 2.07. The normalized spacial score (nSPS) is 10.6. The van der Waals surface area contributed by atoms with E-state index < -0.39 is 22.3 Å². The molecular weight excluding hydrogens is 264 g/mol. The van der Waals surface area contributed by atoms with Gasteiger partial charge in [0.15, 0.2) is 5.75 Å². The monoisotopic (exact) mass is 274 g/mol. The SMILES string of the molecule is O=C(N/N=C\c1ccc(O)c([N+](=O)[O-])c1)c1ccc[nH]1. The zero-order chi connectivity index (χ0) is 14.5. The van der Waals surface area contributed by atoms with Gasteiger partial charge in [-0.15, -0.1) is 0 Å². The van der Waals surface area contributed by atoms with Crippen LogP contribution < -0.4 is 5.43 Å². The van der Waals surface area contributed by atoms with Gasteiger partial charge in [-0.3, -0.25) is 14.9 Å². The first-order chi connectivity index (χ1) is 9.58. The summed E-state index contributed by atoms with van der Waals surface area (Å²) in [4.78, 5) is 24.2. The molecule has 1 heterocycles. The Morgan fingerprint density at radius 3 is 2.90 bits per heavy atom. The standard InChI is InChI=1S/C12H10N4O4/c17-11-4-3-8(6-10(11)16(19)20)7-14-15-12(18)9-2-1-5-13-9/h1-7,13,17H,(H,15,18)/b14-7-. The smallest absolute Gasteiger partial charge is 0.311 e. The summed E-state index contributed by atoms with van der Waals surface area (Å²) < 4.78 is 0. The van der Waals surface area contributed by atoms with Gasteiger partial charge < -0.3 is 10.1 Å². The zero-order valence-corrected chi connectivity index (χ0v) is 10.1. The first kappa shape index (κ1) is 13.3. The van der Waals surface area contributed by atoms with Crippen LogP contribution in [-0.4, -0.2) is 27.1 Å². The van der Waals surface area contributed by atoms with Crippen molar-refractivity contribution in [2.24, 2.45) is 5.10 Å². The molecule has 2 aromatic rings. The van der Waals surface area contributed by atoms with Crippen LogP contribution in [0.25, 0.3) is 0 Å². The second-order valence-corrected chi connectivity index (χ2v) is 3.79. The van der Waals surface area contributed by atoms with E-state index in [1.165, 1.54) is 18.3 Å². The number of nitro benzene ring substituents is 1. The molecule has 0 spiro atoms. The first-order valence-electron chi connectivity index (χ1n) is 5.52. The van der Waals surface area contributed by atoms with Gasteiger partial charge in [-0.2, -0.15) is 5.10 Å². The van der Waals surface area contributed by atoms with Crippen molar-refractivity contribution < 1.29 is 14.8 Å². The van der Waals surface area contributed by atoms with Crippen LogP contribution in [0.2, 0.25) is 0 Å². The molecule has 8 heteroatoms. The lowest BCUT2D eigenvalue weighted by Gasteiger charge is -1.98. The van der Waals surface area contributed by atoms with Crippen LogP contribution in [0.15, 0.2) is 41.6 Å². The number of hydrazone groups is 1. The molecule has 0 saturated heterocycles. The number of carbonyl (C=O) groups is 1. The Bertz CT molecular complexity index is 664. The third-order valence-electron chi connectivity index (χ3n) is 2.42. The number of benzene rings is 1. The Labute approximate surface area is 112 Å². The molecule has 0 fully saturated rings. The molecule has 0 aliphatic heterocycles. The van der Waals surface area contributed by atoms with Gasteiger partial charge in [0.25, 0.3) is 5.91 Å². The van der Waals surface area contributed by atoms with E-state index in [4.69, 9.17) is 0 Å². The number of aromatic nitrogens is 1. The van der Waals surface area contributed by atoms with Crippen molar-refractivity contribution in [1.29, 1.82) is 0 Å². The van der Waals surface area contributed by atoms with Gasteiger partial charge in [0.2, 0.25) is 0 Å². The summed E-state index contributed by atoms with van der Waals surface area (Å²) in [6, 6.07) is 7.02. The average molecular weight is 274 g/mol.